The van der Waals surface area contributed by atoms with Crippen LogP contribution in [0.3, 0.4) is 0 Å². The van der Waals surface area contributed by atoms with Crippen molar-refractivity contribution in [2.75, 3.05) is 5.54 Å². The lowest BCUT2D eigenvalue weighted by Gasteiger charge is -2.01. The molecule has 0 amide bonds. The van der Waals surface area contributed by atoms with Crippen LogP contribution in [0.25, 0.3) is 0 Å². The molecule has 0 spiro atoms. The third kappa shape index (κ3) is 3.36. The van der Waals surface area contributed by atoms with Crippen molar-refractivity contribution in [2.45, 2.75) is 19.3 Å². The van der Waals surface area contributed by atoms with E-state index in [4.69, 9.17) is 0 Å². The van der Waals surface area contributed by atoms with Crippen LogP contribution in [0.4, 0.5) is 18.9 Å². The van der Waals surface area contributed by atoms with Crippen LogP contribution in [-0.2, 0) is 6.42 Å². The van der Waals surface area contributed by atoms with Crippen molar-refractivity contribution >= 4 is 5.69 Å². The van der Waals surface area contributed by atoms with Crippen molar-refractivity contribution in [3.05, 3.63) is 29.8 Å². The van der Waals surface area contributed by atoms with Crippen LogP contribution in [-0.4, -0.2) is 6.43 Å². The molecule has 4 heteroatoms. The maximum absolute atomic E-state index is 11.8. The van der Waals surface area contributed by atoms with Gasteiger partial charge in [0, 0.05) is 6.42 Å². The molecule has 1 N–H and O–H groups in total. The molecule has 1 aromatic carbocycles. The molecule has 0 unspecified atom stereocenters. The second kappa shape index (κ2) is 4.74. The van der Waals surface area contributed by atoms with E-state index in [0.29, 0.717) is 12.1 Å². The molecule has 0 saturated heterocycles. The summed E-state index contributed by atoms with van der Waals surface area (Å²) in [5.41, 5.74) is 2.60. The molecule has 1 aromatic rings. The topological polar surface area (TPSA) is 12.0 Å². The van der Waals surface area contributed by atoms with Crippen molar-refractivity contribution in [3.8, 4) is 0 Å². The smallest absolute Gasteiger partial charge is 0.225 e. The molecule has 72 valence electrons. The molecule has 0 saturated carbocycles. The summed E-state index contributed by atoms with van der Waals surface area (Å²) in [7, 11) is 0. The zero-order valence-electron chi connectivity index (χ0n) is 6.93. The third-order valence-corrected chi connectivity index (χ3v) is 1.71. The first kappa shape index (κ1) is 9.89. The van der Waals surface area contributed by atoms with Gasteiger partial charge in [0.1, 0.15) is 0 Å². The highest BCUT2D eigenvalue weighted by molar-refractivity contribution is 5.42. The zero-order valence-corrected chi connectivity index (χ0v) is 6.93. The third-order valence-electron chi connectivity index (χ3n) is 1.71. The monoisotopic (exact) mass is 189 g/mol. The lowest BCUT2D eigenvalue weighted by atomic mass is 10.1. The van der Waals surface area contributed by atoms with Gasteiger partial charge in [-0.05, 0) is 24.1 Å². The number of aryl methyl sites for hydroxylation is 1. The normalized spacial score (nSPS) is 10.5. The highest BCUT2D eigenvalue weighted by atomic mass is 19.3. The molecule has 0 aliphatic carbocycles. The van der Waals surface area contributed by atoms with Gasteiger partial charge in [-0.25, -0.2) is 14.3 Å². The Balaban J connectivity index is 2.49. The summed E-state index contributed by atoms with van der Waals surface area (Å²) in [5.74, 6) is 0. The fourth-order valence-electron chi connectivity index (χ4n) is 1.01. The average Bonchev–Trinajstić information content (AvgIpc) is 2.15. The van der Waals surface area contributed by atoms with E-state index in [9.17, 15) is 13.3 Å². The molecular weight excluding hydrogens is 179 g/mol. The van der Waals surface area contributed by atoms with Gasteiger partial charge in [0.05, 0.1) is 5.69 Å². The summed E-state index contributed by atoms with van der Waals surface area (Å²) in [5, 5.41) is 0. The largest absolute Gasteiger partial charge is 0.239 e. The predicted molar refractivity (Wildman–Crippen MR) is 45.5 cm³/mol. The highest BCUT2D eigenvalue weighted by Crippen LogP contribution is 2.12. The number of hydrogen-bond donors (Lipinski definition) is 1. The number of halogens is 3. The summed E-state index contributed by atoms with van der Waals surface area (Å²) in [6.07, 6.45) is -2.11. The van der Waals surface area contributed by atoms with Crippen molar-refractivity contribution in [1.82, 2.24) is 0 Å². The van der Waals surface area contributed by atoms with Gasteiger partial charge >= 0.3 is 0 Å². The fraction of sp³-hybridized carbons (Fsp3) is 0.333. The lowest BCUT2D eigenvalue weighted by molar-refractivity contribution is 0.138. The molecule has 0 aliphatic heterocycles. The van der Waals surface area contributed by atoms with E-state index in [0.717, 1.165) is 5.56 Å². The number of alkyl halides is 2. The van der Waals surface area contributed by atoms with Crippen LogP contribution in [0, 0.1) is 0 Å². The summed E-state index contributed by atoms with van der Waals surface area (Å²) >= 11 is 0. The molecule has 0 aliphatic rings. The molecule has 0 heterocycles. The van der Waals surface area contributed by atoms with E-state index in [-0.39, 0.29) is 6.42 Å². The minimum atomic E-state index is -2.28. The molecule has 0 radical (unpaired) electrons. The molecule has 1 nitrogen and oxygen atoms in total. The summed E-state index contributed by atoms with van der Waals surface area (Å²) in [6.45, 7) is 0. The van der Waals surface area contributed by atoms with Crippen molar-refractivity contribution in [1.29, 1.82) is 0 Å². The Morgan fingerprint density at radius 2 is 1.77 bits per heavy atom. The van der Waals surface area contributed by atoms with Crippen LogP contribution in [0.2, 0.25) is 0 Å². The number of anilines is 1. The lowest BCUT2D eigenvalue weighted by Crippen LogP contribution is -1.94. The summed E-state index contributed by atoms with van der Waals surface area (Å²) in [4.78, 5) is 0. The van der Waals surface area contributed by atoms with Gasteiger partial charge in [0.25, 0.3) is 0 Å². The number of hydrogen-bond acceptors (Lipinski definition) is 1. The maximum atomic E-state index is 11.8. The molecule has 0 atom stereocenters. The first-order valence-corrected chi connectivity index (χ1v) is 3.96. The van der Waals surface area contributed by atoms with Gasteiger partial charge in [0.15, 0.2) is 0 Å². The van der Waals surface area contributed by atoms with Gasteiger partial charge < -0.3 is 0 Å². The van der Waals surface area contributed by atoms with Gasteiger partial charge in [-0.3, -0.25) is 0 Å². The van der Waals surface area contributed by atoms with Gasteiger partial charge in [-0.15, -0.1) is 4.48 Å². The first-order chi connectivity index (χ1) is 6.22. The zero-order chi connectivity index (χ0) is 9.68. The van der Waals surface area contributed by atoms with Crippen molar-refractivity contribution in [3.63, 3.8) is 0 Å². The van der Waals surface area contributed by atoms with E-state index in [1.54, 1.807) is 12.1 Å². The molecule has 13 heavy (non-hydrogen) atoms. The van der Waals surface area contributed by atoms with E-state index < -0.39 is 6.43 Å². The average molecular weight is 189 g/mol. The number of nitrogens with one attached hydrogen (secondary N) is 1. The molecule has 0 fully saturated rings. The minimum absolute atomic E-state index is 0.150. The van der Waals surface area contributed by atoms with Crippen LogP contribution in [0.15, 0.2) is 24.3 Å². The van der Waals surface area contributed by atoms with Gasteiger partial charge in [-0.1, -0.05) is 12.1 Å². The number of rotatable bonds is 4. The fourth-order valence-corrected chi connectivity index (χ4v) is 1.01. The second-order valence-corrected chi connectivity index (χ2v) is 2.72. The Labute approximate surface area is 74.5 Å². The van der Waals surface area contributed by atoms with Crippen molar-refractivity contribution in [2.24, 2.45) is 0 Å². The molecule has 1 rings (SSSR count). The SMILES string of the molecule is FNc1ccc(CCC(F)F)cc1. The van der Waals surface area contributed by atoms with Crippen LogP contribution >= 0.6 is 0 Å². The standard InChI is InChI=1S/C9H10F3N/c10-9(11)6-3-7-1-4-8(13-12)5-2-7/h1-2,4-5,9,13H,3,6H2. The maximum Gasteiger partial charge on any atom is 0.239 e. The predicted octanol–water partition coefficient (Wildman–Crippen LogP) is 3.18. The van der Waals surface area contributed by atoms with E-state index in [1.807, 2.05) is 0 Å². The van der Waals surface area contributed by atoms with Crippen LogP contribution in [0.5, 0.6) is 0 Å². The highest BCUT2D eigenvalue weighted by Gasteiger charge is 2.02. The van der Waals surface area contributed by atoms with Crippen molar-refractivity contribution < 1.29 is 13.3 Å². The van der Waals surface area contributed by atoms with E-state index in [1.165, 1.54) is 17.7 Å². The van der Waals surface area contributed by atoms with Gasteiger partial charge in [0.2, 0.25) is 6.43 Å². The summed E-state index contributed by atoms with van der Waals surface area (Å²) in [6, 6.07) is 6.29. The minimum Gasteiger partial charge on any atom is -0.225 e. The molecule has 0 bridgehead atoms. The molecular formula is C9H10F3N. The molecule has 0 aromatic heterocycles. The Morgan fingerprint density at radius 3 is 2.23 bits per heavy atom. The van der Waals surface area contributed by atoms with E-state index in [2.05, 4.69) is 0 Å². The first-order valence-electron chi connectivity index (χ1n) is 3.96. The van der Waals surface area contributed by atoms with Crippen LogP contribution in [0.1, 0.15) is 12.0 Å². The quantitative estimate of drug-likeness (QED) is 0.717. The Morgan fingerprint density at radius 1 is 1.15 bits per heavy atom. The number of benzene rings is 1. The second-order valence-electron chi connectivity index (χ2n) is 2.72. The van der Waals surface area contributed by atoms with Crippen LogP contribution < -0.4 is 5.54 Å². The Bertz CT molecular complexity index is 246. The van der Waals surface area contributed by atoms with Gasteiger partial charge in [-0.2, -0.15) is 0 Å². The summed E-state index contributed by atoms with van der Waals surface area (Å²) < 4.78 is 35.4. The Kier molecular flexibility index (Phi) is 3.61. The Hall–Kier alpha value is -1.19. The van der Waals surface area contributed by atoms with E-state index >= 15 is 0 Å².